The summed E-state index contributed by atoms with van der Waals surface area (Å²) >= 11 is 1.50. The van der Waals surface area contributed by atoms with Crippen LogP contribution in [0.3, 0.4) is 0 Å². The minimum atomic E-state index is 0.400. The van der Waals surface area contributed by atoms with E-state index in [0.29, 0.717) is 18.1 Å². The highest BCUT2D eigenvalue weighted by Gasteiger charge is 2.40. The van der Waals surface area contributed by atoms with Gasteiger partial charge in [-0.05, 0) is 25.7 Å². The Balaban J connectivity index is 1.88. The van der Waals surface area contributed by atoms with Gasteiger partial charge in [0.1, 0.15) is 6.33 Å². The molecule has 2 atom stereocenters. The average Bonchev–Trinajstić information content (AvgIpc) is 2.72. The molecule has 2 unspecified atom stereocenters. The van der Waals surface area contributed by atoms with Crippen molar-refractivity contribution in [2.24, 2.45) is 5.73 Å². The summed E-state index contributed by atoms with van der Waals surface area (Å²) in [6, 6.07) is 1.64. The Morgan fingerprint density at radius 3 is 2.64 bits per heavy atom. The summed E-state index contributed by atoms with van der Waals surface area (Å²) in [6.07, 6.45) is 6.44. The third kappa shape index (κ3) is 1.23. The van der Waals surface area contributed by atoms with Crippen molar-refractivity contribution in [2.45, 2.75) is 43.8 Å². The molecule has 2 bridgehead atoms. The van der Waals surface area contributed by atoms with E-state index in [9.17, 15) is 0 Å². The summed E-state index contributed by atoms with van der Waals surface area (Å²) < 4.78 is 4.07. The number of nitrogens with zero attached hydrogens (tertiary/aromatic N) is 3. The molecule has 1 aromatic heterocycles. The third-order valence-electron chi connectivity index (χ3n) is 3.34. The molecule has 0 aliphatic carbocycles. The molecule has 76 valence electrons. The monoisotopic (exact) mass is 210 g/mol. The normalized spacial score (nSPS) is 36.4. The Kier molecular flexibility index (Phi) is 1.95. The van der Waals surface area contributed by atoms with Crippen LogP contribution in [0.15, 0.2) is 6.33 Å². The van der Waals surface area contributed by atoms with Crippen molar-refractivity contribution in [2.75, 3.05) is 4.90 Å². The number of rotatable bonds is 1. The second kappa shape index (κ2) is 3.17. The first-order chi connectivity index (χ1) is 6.84. The van der Waals surface area contributed by atoms with E-state index < -0.39 is 0 Å². The maximum atomic E-state index is 6.01. The molecule has 0 radical (unpaired) electrons. The second-order valence-corrected chi connectivity index (χ2v) is 5.01. The highest BCUT2D eigenvalue weighted by molar-refractivity contribution is 7.09. The lowest BCUT2D eigenvalue weighted by atomic mass is 9.99. The SMILES string of the molecule is NC1CC2CCC(C1)N2c1ncns1. The summed E-state index contributed by atoms with van der Waals surface area (Å²) in [6.45, 7) is 0. The lowest BCUT2D eigenvalue weighted by molar-refractivity contribution is 0.414. The standard InChI is InChI=1S/C9H14N4S/c10-6-3-7-1-2-8(4-6)13(7)9-11-5-12-14-9/h5-8H,1-4,10H2. The van der Waals surface area contributed by atoms with Gasteiger partial charge in [0, 0.05) is 29.7 Å². The molecule has 0 amide bonds. The predicted molar refractivity (Wildman–Crippen MR) is 56.4 cm³/mol. The van der Waals surface area contributed by atoms with Crippen LogP contribution in [-0.4, -0.2) is 27.5 Å². The minimum Gasteiger partial charge on any atom is -0.341 e. The number of nitrogens with two attached hydrogens (primary N) is 1. The molecule has 5 heteroatoms. The second-order valence-electron chi connectivity index (χ2n) is 4.25. The summed E-state index contributed by atoms with van der Waals surface area (Å²) in [7, 11) is 0. The Morgan fingerprint density at radius 1 is 1.36 bits per heavy atom. The molecular weight excluding hydrogens is 196 g/mol. The van der Waals surface area contributed by atoms with Crippen molar-refractivity contribution in [3.63, 3.8) is 0 Å². The third-order valence-corrected chi connectivity index (χ3v) is 4.02. The molecule has 2 aliphatic heterocycles. The van der Waals surface area contributed by atoms with Crippen LogP contribution in [0.2, 0.25) is 0 Å². The molecule has 2 aliphatic rings. The van der Waals surface area contributed by atoms with Crippen LogP contribution in [0, 0.1) is 0 Å². The summed E-state index contributed by atoms with van der Waals surface area (Å²) in [4.78, 5) is 6.74. The largest absolute Gasteiger partial charge is 0.341 e. The summed E-state index contributed by atoms with van der Waals surface area (Å²) in [5.74, 6) is 0. The molecule has 1 aromatic rings. The molecule has 14 heavy (non-hydrogen) atoms. The molecular formula is C9H14N4S. The molecule has 2 saturated heterocycles. The number of fused-ring (bicyclic) bond motifs is 2. The van der Waals surface area contributed by atoms with Gasteiger partial charge < -0.3 is 10.6 Å². The Bertz CT molecular complexity index is 299. The van der Waals surface area contributed by atoms with Crippen LogP contribution in [0.5, 0.6) is 0 Å². The highest BCUT2D eigenvalue weighted by Crippen LogP contribution is 2.38. The fraction of sp³-hybridized carbons (Fsp3) is 0.778. The summed E-state index contributed by atoms with van der Waals surface area (Å²) in [5, 5.41) is 1.09. The van der Waals surface area contributed by atoms with E-state index >= 15 is 0 Å². The lowest BCUT2D eigenvalue weighted by Gasteiger charge is -2.37. The highest BCUT2D eigenvalue weighted by atomic mass is 32.1. The number of hydrogen-bond donors (Lipinski definition) is 1. The van der Waals surface area contributed by atoms with E-state index in [2.05, 4.69) is 14.3 Å². The van der Waals surface area contributed by atoms with Gasteiger partial charge in [0.15, 0.2) is 0 Å². The molecule has 3 heterocycles. The molecule has 0 aromatic carbocycles. The van der Waals surface area contributed by atoms with Crippen molar-refractivity contribution < 1.29 is 0 Å². The average molecular weight is 210 g/mol. The lowest BCUT2D eigenvalue weighted by Crippen LogP contribution is -2.47. The first kappa shape index (κ1) is 8.61. The van der Waals surface area contributed by atoms with Crippen LogP contribution in [0.4, 0.5) is 5.13 Å². The van der Waals surface area contributed by atoms with E-state index in [0.717, 1.165) is 18.0 Å². The zero-order chi connectivity index (χ0) is 9.54. The first-order valence-electron chi connectivity index (χ1n) is 5.15. The molecule has 4 nitrogen and oxygen atoms in total. The quantitative estimate of drug-likeness (QED) is 0.751. The van der Waals surface area contributed by atoms with E-state index in [1.165, 1.54) is 24.4 Å². The Morgan fingerprint density at radius 2 is 2.07 bits per heavy atom. The predicted octanol–water partition coefficient (Wildman–Crippen LogP) is 0.997. The first-order valence-corrected chi connectivity index (χ1v) is 5.92. The van der Waals surface area contributed by atoms with Crippen LogP contribution in [0.25, 0.3) is 0 Å². The van der Waals surface area contributed by atoms with Crippen molar-refractivity contribution in [1.82, 2.24) is 9.36 Å². The molecule has 0 spiro atoms. The van der Waals surface area contributed by atoms with Gasteiger partial charge in [-0.25, -0.2) is 4.98 Å². The van der Waals surface area contributed by atoms with Gasteiger partial charge >= 0.3 is 0 Å². The Hall–Kier alpha value is -0.680. The number of hydrogen-bond acceptors (Lipinski definition) is 5. The zero-order valence-corrected chi connectivity index (χ0v) is 8.78. The number of aromatic nitrogens is 2. The van der Waals surface area contributed by atoms with Crippen LogP contribution < -0.4 is 10.6 Å². The van der Waals surface area contributed by atoms with Crippen molar-refractivity contribution in [1.29, 1.82) is 0 Å². The van der Waals surface area contributed by atoms with Gasteiger partial charge in [0.25, 0.3) is 0 Å². The molecule has 0 saturated carbocycles. The van der Waals surface area contributed by atoms with E-state index in [1.807, 2.05) is 0 Å². The van der Waals surface area contributed by atoms with Gasteiger partial charge in [-0.2, -0.15) is 4.37 Å². The van der Waals surface area contributed by atoms with Crippen molar-refractivity contribution in [3.05, 3.63) is 6.33 Å². The number of piperidine rings is 1. The van der Waals surface area contributed by atoms with Gasteiger partial charge in [0.05, 0.1) is 0 Å². The van der Waals surface area contributed by atoms with Gasteiger partial charge in [-0.15, -0.1) is 0 Å². The molecule has 2 N–H and O–H groups in total. The maximum absolute atomic E-state index is 6.01. The minimum absolute atomic E-state index is 0.400. The molecule has 3 rings (SSSR count). The smallest absolute Gasteiger partial charge is 0.205 e. The summed E-state index contributed by atoms with van der Waals surface area (Å²) in [5.41, 5.74) is 6.01. The van der Waals surface area contributed by atoms with E-state index in [1.54, 1.807) is 6.33 Å². The van der Waals surface area contributed by atoms with Gasteiger partial charge in [0.2, 0.25) is 5.13 Å². The fourth-order valence-electron chi connectivity index (χ4n) is 2.81. The number of anilines is 1. The van der Waals surface area contributed by atoms with Crippen LogP contribution in [0.1, 0.15) is 25.7 Å². The van der Waals surface area contributed by atoms with Gasteiger partial charge in [-0.3, -0.25) is 0 Å². The van der Waals surface area contributed by atoms with Crippen LogP contribution in [-0.2, 0) is 0 Å². The van der Waals surface area contributed by atoms with E-state index in [4.69, 9.17) is 5.73 Å². The molecule has 2 fully saturated rings. The van der Waals surface area contributed by atoms with Gasteiger partial charge in [-0.1, -0.05) is 0 Å². The van der Waals surface area contributed by atoms with Crippen molar-refractivity contribution in [3.8, 4) is 0 Å². The fourth-order valence-corrected chi connectivity index (χ4v) is 3.49. The van der Waals surface area contributed by atoms with E-state index in [-0.39, 0.29) is 0 Å². The Labute approximate surface area is 87.3 Å². The zero-order valence-electron chi connectivity index (χ0n) is 7.97. The maximum Gasteiger partial charge on any atom is 0.205 e. The van der Waals surface area contributed by atoms with Crippen molar-refractivity contribution >= 4 is 16.7 Å². The van der Waals surface area contributed by atoms with Crippen LogP contribution >= 0.6 is 11.5 Å². The topological polar surface area (TPSA) is 55.0 Å².